The molecular weight excluding hydrogens is 260 g/mol. The Bertz CT molecular complexity index is 438. The van der Waals surface area contributed by atoms with Gasteiger partial charge in [0.1, 0.15) is 0 Å². The number of fused-ring (bicyclic) bond motifs is 1. The Morgan fingerprint density at radius 3 is 2.32 bits per heavy atom. The lowest BCUT2D eigenvalue weighted by atomic mass is 10.1. The third kappa shape index (κ3) is 3.10. The molecule has 2 aliphatic carbocycles. The van der Waals surface area contributed by atoms with Crippen LogP contribution in [0.15, 0.2) is 24.3 Å². The van der Waals surface area contributed by atoms with Gasteiger partial charge in [0.05, 0.1) is 0 Å². The van der Waals surface area contributed by atoms with Gasteiger partial charge in [-0.1, -0.05) is 24.3 Å². The maximum absolute atomic E-state index is 12.1. The summed E-state index contributed by atoms with van der Waals surface area (Å²) in [4.78, 5) is 12.1. The van der Waals surface area contributed by atoms with E-state index in [2.05, 4.69) is 29.6 Å². The average molecular weight is 281 g/mol. The highest BCUT2D eigenvalue weighted by atomic mass is 35.5. The van der Waals surface area contributed by atoms with Gasteiger partial charge in [0.25, 0.3) is 0 Å². The molecule has 0 spiro atoms. The minimum atomic E-state index is 0. The first-order valence-electron chi connectivity index (χ1n) is 6.85. The van der Waals surface area contributed by atoms with E-state index >= 15 is 0 Å². The second-order valence-corrected chi connectivity index (χ2v) is 5.65. The first kappa shape index (κ1) is 14.4. The van der Waals surface area contributed by atoms with Crippen molar-refractivity contribution in [2.45, 2.75) is 44.2 Å². The fraction of sp³-hybridized carbons (Fsp3) is 0.533. The van der Waals surface area contributed by atoms with Crippen molar-refractivity contribution in [2.75, 3.05) is 0 Å². The molecule has 3 nitrogen and oxygen atoms in total. The standard InChI is InChI=1S/C15H20N2O.ClH/c16-13-6-5-12(7-13)15(18)17-14-8-10-3-1-2-4-11(10)9-14;/h1-4,12-14H,5-9,16H2,(H,17,18);1H. The Balaban J connectivity index is 0.00000133. The molecule has 1 aromatic rings. The van der Waals surface area contributed by atoms with Gasteiger partial charge in [-0.05, 0) is 43.2 Å². The molecule has 0 heterocycles. The van der Waals surface area contributed by atoms with Gasteiger partial charge in [0.15, 0.2) is 0 Å². The summed E-state index contributed by atoms with van der Waals surface area (Å²) >= 11 is 0. The minimum absolute atomic E-state index is 0. The van der Waals surface area contributed by atoms with Gasteiger partial charge in [-0.3, -0.25) is 4.79 Å². The number of benzene rings is 1. The fourth-order valence-electron chi connectivity index (χ4n) is 3.23. The molecule has 0 aliphatic heterocycles. The second kappa shape index (κ2) is 5.93. The molecule has 1 amide bonds. The molecule has 2 aliphatic rings. The Labute approximate surface area is 120 Å². The molecule has 0 radical (unpaired) electrons. The third-order valence-corrected chi connectivity index (χ3v) is 4.24. The number of nitrogens with two attached hydrogens (primary N) is 1. The van der Waals surface area contributed by atoms with Crippen LogP contribution in [-0.2, 0) is 17.6 Å². The molecule has 0 aromatic heterocycles. The van der Waals surface area contributed by atoms with E-state index in [0.717, 1.165) is 32.1 Å². The minimum Gasteiger partial charge on any atom is -0.352 e. The number of carbonyl (C=O) groups excluding carboxylic acids is 1. The van der Waals surface area contributed by atoms with Crippen LogP contribution in [0.4, 0.5) is 0 Å². The van der Waals surface area contributed by atoms with E-state index in [1.807, 2.05) is 0 Å². The molecule has 104 valence electrons. The number of amides is 1. The van der Waals surface area contributed by atoms with Gasteiger partial charge in [0, 0.05) is 18.0 Å². The van der Waals surface area contributed by atoms with Crippen molar-refractivity contribution in [2.24, 2.45) is 11.7 Å². The first-order valence-corrected chi connectivity index (χ1v) is 6.85. The smallest absolute Gasteiger partial charge is 0.223 e. The number of rotatable bonds is 2. The molecule has 3 N–H and O–H groups in total. The van der Waals surface area contributed by atoms with Crippen LogP contribution in [0.1, 0.15) is 30.4 Å². The molecule has 0 bridgehead atoms. The first-order chi connectivity index (χ1) is 8.72. The lowest BCUT2D eigenvalue weighted by molar-refractivity contribution is -0.125. The van der Waals surface area contributed by atoms with Crippen LogP contribution in [0.3, 0.4) is 0 Å². The van der Waals surface area contributed by atoms with Crippen LogP contribution >= 0.6 is 12.4 Å². The van der Waals surface area contributed by atoms with Crippen LogP contribution in [0.2, 0.25) is 0 Å². The van der Waals surface area contributed by atoms with Crippen LogP contribution in [0.25, 0.3) is 0 Å². The molecule has 1 saturated carbocycles. The average Bonchev–Trinajstić information content (AvgIpc) is 2.94. The number of hydrogen-bond donors (Lipinski definition) is 2. The molecule has 1 aromatic carbocycles. The van der Waals surface area contributed by atoms with E-state index in [-0.39, 0.29) is 36.3 Å². The largest absolute Gasteiger partial charge is 0.352 e. The Hall–Kier alpha value is -1.06. The van der Waals surface area contributed by atoms with Crippen molar-refractivity contribution >= 4 is 18.3 Å². The summed E-state index contributed by atoms with van der Waals surface area (Å²) in [5.41, 5.74) is 8.62. The zero-order chi connectivity index (χ0) is 12.5. The fourth-order valence-corrected chi connectivity index (χ4v) is 3.23. The van der Waals surface area contributed by atoms with Gasteiger partial charge < -0.3 is 11.1 Å². The third-order valence-electron chi connectivity index (χ3n) is 4.24. The number of carbonyl (C=O) groups is 1. The number of halogens is 1. The molecular formula is C15H21ClN2O. The molecule has 19 heavy (non-hydrogen) atoms. The summed E-state index contributed by atoms with van der Waals surface area (Å²) < 4.78 is 0. The predicted molar refractivity (Wildman–Crippen MR) is 78.3 cm³/mol. The lowest BCUT2D eigenvalue weighted by Crippen LogP contribution is -2.39. The quantitative estimate of drug-likeness (QED) is 0.868. The molecule has 4 heteroatoms. The predicted octanol–water partition coefficient (Wildman–Crippen LogP) is 1.82. The molecule has 1 fully saturated rings. The van der Waals surface area contributed by atoms with Crippen LogP contribution < -0.4 is 11.1 Å². The SMILES string of the molecule is Cl.NC1CCC(C(=O)NC2Cc3ccccc3C2)C1. The molecule has 3 rings (SSSR count). The van der Waals surface area contributed by atoms with E-state index in [9.17, 15) is 4.79 Å². The monoisotopic (exact) mass is 280 g/mol. The van der Waals surface area contributed by atoms with E-state index in [1.54, 1.807) is 0 Å². The van der Waals surface area contributed by atoms with Gasteiger partial charge in [-0.15, -0.1) is 12.4 Å². The van der Waals surface area contributed by atoms with Gasteiger partial charge >= 0.3 is 0 Å². The van der Waals surface area contributed by atoms with Crippen LogP contribution in [0.5, 0.6) is 0 Å². The van der Waals surface area contributed by atoms with Crippen LogP contribution in [0, 0.1) is 5.92 Å². The summed E-state index contributed by atoms with van der Waals surface area (Å²) in [5, 5.41) is 3.19. The lowest BCUT2D eigenvalue weighted by Gasteiger charge is -2.15. The topological polar surface area (TPSA) is 55.1 Å². The van der Waals surface area contributed by atoms with Crippen molar-refractivity contribution in [3.05, 3.63) is 35.4 Å². The zero-order valence-corrected chi connectivity index (χ0v) is 11.8. The summed E-state index contributed by atoms with van der Waals surface area (Å²) in [6.07, 6.45) is 4.74. The van der Waals surface area contributed by atoms with Crippen LogP contribution in [-0.4, -0.2) is 18.0 Å². The van der Waals surface area contributed by atoms with Crippen molar-refractivity contribution in [1.29, 1.82) is 0 Å². The van der Waals surface area contributed by atoms with E-state index in [0.29, 0.717) is 0 Å². The maximum atomic E-state index is 12.1. The van der Waals surface area contributed by atoms with Gasteiger partial charge in [-0.25, -0.2) is 0 Å². The second-order valence-electron chi connectivity index (χ2n) is 5.65. The summed E-state index contributed by atoms with van der Waals surface area (Å²) in [6.45, 7) is 0. The van der Waals surface area contributed by atoms with Gasteiger partial charge in [0.2, 0.25) is 5.91 Å². The number of hydrogen-bond acceptors (Lipinski definition) is 2. The highest BCUT2D eigenvalue weighted by Gasteiger charge is 2.30. The van der Waals surface area contributed by atoms with E-state index < -0.39 is 0 Å². The van der Waals surface area contributed by atoms with Crippen molar-refractivity contribution in [3.8, 4) is 0 Å². The highest BCUT2D eigenvalue weighted by Crippen LogP contribution is 2.26. The number of nitrogens with one attached hydrogen (secondary N) is 1. The maximum Gasteiger partial charge on any atom is 0.223 e. The van der Waals surface area contributed by atoms with Crippen molar-refractivity contribution < 1.29 is 4.79 Å². The van der Waals surface area contributed by atoms with Crippen molar-refractivity contribution in [3.63, 3.8) is 0 Å². The normalized spacial score (nSPS) is 25.7. The van der Waals surface area contributed by atoms with Crippen molar-refractivity contribution in [1.82, 2.24) is 5.32 Å². The summed E-state index contributed by atoms with van der Waals surface area (Å²) in [7, 11) is 0. The zero-order valence-electron chi connectivity index (χ0n) is 11.0. The van der Waals surface area contributed by atoms with E-state index in [1.165, 1.54) is 11.1 Å². The Morgan fingerprint density at radius 2 is 1.79 bits per heavy atom. The molecule has 2 atom stereocenters. The van der Waals surface area contributed by atoms with E-state index in [4.69, 9.17) is 5.73 Å². The highest BCUT2D eigenvalue weighted by molar-refractivity contribution is 5.85. The molecule has 2 unspecified atom stereocenters. The Kier molecular flexibility index (Phi) is 4.48. The summed E-state index contributed by atoms with van der Waals surface area (Å²) in [5.74, 6) is 0.351. The van der Waals surface area contributed by atoms with Gasteiger partial charge in [-0.2, -0.15) is 0 Å². The summed E-state index contributed by atoms with van der Waals surface area (Å²) in [6, 6.07) is 8.96. The molecule has 0 saturated heterocycles. The Morgan fingerprint density at radius 1 is 1.16 bits per heavy atom.